The van der Waals surface area contributed by atoms with Crippen LogP contribution in [0, 0.1) is 12.7 Å². The molecule has 3 heterocycles. The number of amides is 3. The van der Waals surface area contributed by atoms with Gasteiger partial charge in [-0.3, -0.25) is 20.5 Å². The van der Waals surface area contributed by atoms with Gasteiger partial charge in [-0.25, -0.2) is 23.8 Å². The third kappa shape index (κ3) is 8.45. The SMILES string of the molecule is CO.Cc1c(-c2cc3cc(NC(=O)OC4CCC4)ncc3c(NC(=O)OC(C)(C)C)c2F)cnc2c1N(C(=O)OC(C)(C)C)CCC2. The van der Waals surface area contributed by atoms with Crippen LogP contribution in [0.15, 0.2) is 24.5 Å². The van der Waals surface area contributed by atoms with Crippen molar-refractivity contribution < 1.29 is 38.1 Å². The van der Waals surface area contributed by atoms with Crippen LogP contribution in [-0.4, -0.2) is 64.3 Å². The molecule has 5 rings (SSSR count). The van der Waals surface area contributed by atoms with Crippen LogP contribution >= 0.6 is 0 Å². The lowest BCUT2D eigenvalue weighted by Gasteiger charge is -2.33. The van der Waals surface area contributed by atoms with Gasteiger partial charge >= 0.3 is 18.3 Å². The Kier molecular flexibility index (Phi) is 10.6. The average Bonchev–Trinajstić information content (AvgIpc) is 2.96. The molecule has 0 radical (unpaired) electrons. The normalized spacial score (nSPS) is 14.6. The standard InChI is InChI=1S/C33H40FN5O6.CH4O/c1-18-22(16-35-24-12-9-13-39(28(18)24)31(42)45-33(5,6)7)21-14-19-15-25(37-29(40)43-20-10-8-11-20)36-17-23(19)27(26(21)34)38-30(41)44-32(2,3)4;1-2/h14-17,20H,8-13H2,1-7H3,(H,38,41)(H,36,37,40);2H,1H3. The van der Waals surface area contributed by atoms with Crippen LogP contribution in [-0.2, 0) is 20.6 Å². The van der Waals surface area contributed by atoms with E-state index in [4.69, 9.17) is 19.3 Å². The Morgan fingerprint density at radius 3 is 2.21 bits per heavy atom. The lowest BCUT2D eigenvalue weighted by molar-refractivity contribution is 0.0574. The second-order valence-electron chi connectivity index (χ2n) is 13.4. The fourth-order valence-corrected chi connectivity index (χ4v) is 5.31. The van der Waals surface area contributed by atoms with Gasteiger partial charge in [-0.15, -0.1) is 0 Å². The number of nitrogens with zero attached hydrogens (tertiary/aromatic N) is 3. The summed E-state index contributed by atoms with van der Waals surface area (Å²) in [6, 6.07) is 3.18. The number of fused-ring (bicyclic) bond motifs is 2. The zero-order valence-electron chi connectivity index (χ0n) is 28.2. The summed E-state index contributed by atoms with van der Waals surface area (Å²) in [4.78, 5) is 49.0. The van der Waals surface area contributed by atoms with E-state index < -0.39 is 35.3 Å². The minimum atomic E-state index is -0.845. The van der Waals surface area contributed by atoms with Gasteiger partial charge in [-0.1, -0.05) is 0 Å². The van der Waals surface area contributed by atoms with Crippen LogP contribution in [0.1, 0.15) is 78.5 Å². The zero-order valence-corrected chi connectivity index (χ0v) is 28.2. The maximum Gasteiger partial charge on any atom is 0.414 e. The van der Waals surface area contributed by atoms with E-state index in [0.717, 1.165) is 26.4 Å². The van der Waals surface area contributed by atoms with E-state index in [1.54, 1.807) is 71.7 Å². The molecule has 0 unspecified atom stereocenters. The minimum Gasteiger partial charge on any atom is -0.446 e. The van der Waals surface area contributed by atoms with E-state index in [-0.39, 0.29) is 23.2 Å². The number of aliphatic hydroxyl groups is 1. The molecule has 2 aromatic heterocycles. The molecule has 1 fully saturated rings. The van der Waals surface area contributed by atoms with E-state index in [1.165, 1.54) is 6.20 Å². The van der Waals surface area contributed by atoms with Crippen LogP contribution in [0.25, 0.3) is 21.9 Å². The van der Waals surface area contributed by atoms with Gasteiger partial charge in [0.25, 0.3) is 0 Å². The summed E-state index contributed by atoms with van der Waals surface area (Å²) in [6.45, 7) is 12.7. The number of nitrogens with one attached hydrogen (secondary N) is 2. The zero-order chi connectivity index (χ0) is 34.7. The van der Waals surface area contributed by atoms with Crippen LogP contribution < -0.4 is 15.5 Å². The number of aliphatic hydroxyl groups excluding tert-OH is 1. The number of hydrogen-bond donors (Lipinski definition) is 3. The maximum absolute atomic E-state index is 16.6. The summed E-state index contributed by atoms with van der Waals surface area (Å²) in [5.41, 5.74) is 0.792. The third-order valence-corrected chi connectivity index (χ3v) is 7.49. The minimum absolute atomic E-state index is 0.115. The lowest BCUT2D eigenvalue weighted by Crippen LogP contribution is -2.40. The molecule has 3 aromatic rings. The van der Waals surface area contributed by atoms with Gasteiger partial charge in [0.05, 0.1) is 17.1 Å². The molecular weight excluding hydrogens is 609 g/mol. The van der Waals surface area contributed by atoms with Crippen LogP contribution in [0.4, 0.5) is 36.0 Å². The maximum atomic E-state index is 16.6. The highest BCUT2D eigenvalue weighted by molar-refractivity contribution is 6.04. The predicted octanol–water partition coefficient (Wildman–Crippen LogP) is 7.49. The largest absolute Gasteiger partial charge is 0.446 e. The number of hydrogen-bond acceptors (Lipinski definition) is 9. The number of aryl methyl sites for hydroxylation is 1. The van der Waals surface area contributed by atoms with Crippen molar-refractivity contribution in [1.29, 1.82) is 0 Å². The number of rotatable bonds is 4. The molecule has 12 nitrogen and oxygen atoms in total. The molecule has 1 aliphatic heterocycles. The fourth-order valence-electron chi connectivity index (χ4n) is 5.31. The van der Waals surface area contributed by atoms with E-state index in [0.29, 0.717) is 52.7 Å². The molecule has 1 aliphatic carbocycles. The van der Waals surface area contributed by atoms with Crippen molar-refractivity contribution in [2.45, 2.75) is 97.9 Å². The van der Waals surface area contributed by atoms with Gasteiger partial charge in [-0.2, -0.15) is 0 Å². The number of halogens is 1. The second kappa shape index (κ2) is 14.1. The highest BCUT2D eigenvalue weighted by Crippen LogP contribution is 2.41. The first kappa shape index (κ1) is 35.3. The monoisotopic (exact) mass is 653 g/mol. The van der Waals surface area contributed by atoms with Crippen LogP contribution in [0.5, 0.6) is 0 Å². The first-order valence-corrected chi connectivity index (χ1v) is 15.6. The smallest absolute Gasteiger partial charge is 0.414 e. The summed E-state index contributed by atoms with van der Waals surface area (Å²) in [6.07, 6.45) is 4.86. The molecule has 0 spiro atoms. The Labute approximate surface area is 274 Å². The van der Waals surface area contributed by atoms with Crippen molar-refractivity contribution in [3.63, 3.8) is 0 Å². The number of carbonyl (C=O) groups is 3. The Balaban J connectivity index is 0.00000245. The Hall–Kier alpha value is -4.52. The fraction of sp³-hybridized carbons (Fsp3) is 0.500. The van der Waals surface area contributed by atoms with Gasteiger partial charge in [0.2, 0.25) is 0 Å². The van der Waals surface area contributed by atoms with Gasteiger partial charge in [0.15, 0.2) is 5.82 Å². The molecule has 254 valence electrons. The molecule has 0 bridgehead atoms. The molecule has 13 heteroatoms. The van der Waals surface area contributed by atoms with E-state index >= 15 is 4.39 Å². The quantitative estimate of drug-likeness (QED) is 0.243. The van der Waals surface area contributed by atoms with Crippen molar-refractivity contribution in [2.24, 2.45) is 0 Å². The summed E-state index contributed by atoms with van der Waals surface area (Å²) in [5.74, 6) is -0.534. The van der Waals surface area contributed by atoms with Crippen molar-refractivity contribution in [2.75, 3.05) is 29.2 Å². The molecule has 1 saturated carbocycles. The number of ether oxygens (including phenoxy) is 3. The van der Waals surface area contributed by atoms with Crippen LogP contribution in [0.3, 0.4) is 0 Å². The van der Waals surface area contributed by atoms with Crippen molar-refractivity contribution in [3.05, 3.63) is 41.6 Å². The highest BCUT2D eigenvalue weighted by atomic mass is 19.1. The average molecular weight is 654 g/mol. The second-order valence-corrected chi connectivity index (χ2v) is 13.4. The molecule has 1 aromatic carbocycles. The lowest BCUT2D eigenvalue weighted by atomic mass is 9.94. The number of carbonyl (C=O) groups excluding carboxylic acids is 3. The van der Waals surface area contributed by atoms with Gasteiger partial charge in [-0.05, 0) is 104 Å². The predicted molar refractivity (Wildman–Crippen MR) is 177 cm³/mol. The molecule has 3 N–H and O–H groups in total. The Morgan fingerprint density at radius 1 is 0.915 bits per heavy atom. The Bertz CT molecular complexity index is 1660. The Morgan fingerprint density at radius 2 is 1.60 bits per heavy atom. The molecule has 47 heavy (non-hydrogen) atoms. The molecule has 3 amide bonds. The number of benzene rings is 1. The highest BCUT2D eigenvalue weighted by Gasteiger charge is 2.31. The summed E-state index contributed by atoms with van der Waals surface area (Å²) < 4.78 is 33.0. The van der Waals surface area contributed by atoms with Crippen molar-refractivity contribution in [1.82, 2.24) is 9.97 Å². The van der Waals surface area contributed by atoms with Gasteiger partial charge < -0.3 is 19.3 Å². The summed E-state index contributed by atoms with van der Waals surface area (Å²) in [7, 11) is 1.00. The third-order valence-electron chi connectivity index (χ3n) is 7.49. The van der Waals surface area contributed by atoms with Gasteiger partial charge in [0.1, 0.15) is 23.1 Å². The molecule has 0 saturated heterocycles. The van der Waals surface area contributed by atoms with Crippen molar-refractivity contribution >= 4 is 46.2 Å². The summed E-state index contributed by atoms with van der Waals surface area (Å²) >= 11 is 0. The topological polar surface area (TPSA) is 152 Å². The van der Waals surface area contributed by atoms with Crippen molar-refractivity contribution in [3.8, 4) is 11.1 Å². The molecular formula is C34H44FN5O7. The summed E-state index contributed by atoms with van der Waals surface area (Å²) in [5, 5.41) is 13.0. The van der Waals surface area contributed by atoms with E-state index in [2.05, 4.69) is 20.6 Å². The van der Waals surface area contributed by atoms with Gasteiger partial charge in [0, 0.05) is 42.6 Å². The molecule has 0 atom stereocenters. The first-order valence-electron chi connectivity index (χ1n) is 15.6. The number of anilines is 3. The number of aromatic nitrogens is 2. The first-order chi connectivity index (χ1) is 22.1. The van der Waals surface area contributed by atoms with Crippen LogP contribution in [0.2, 0.25) is 0 Å². The molecule has 2 aliphatic rings. The number of pyridine rings is 2. The van der Waals surface area contributed by atoms with E-state index in [9.17, 15) is 14.4 Å². The van der Waals surface area contributed by atoms with E-state index in [1.807, 2.05) is 0 Å².